The molecule has 0 radical (unpaired) electrons. The first-order valence-corrected chi connectivity index (χ1v) is 15.8. The Bertz CT molecular complexity index is 912. The largest absolute Gasteiger partial charge is 0.465 e. The molecule has 0 bridgehead atoms. The summed E-state index contributed by atoms with van der Waals surface area (Å²) in [6, 6.07) is 0. The van der Waals surface area contributed by atoms with Gasteiger partial charge in [-0.25, -0.2) is 0 Å². The van der Waals surface area contributed by atoms with E-state index in [9.17, 15) is 44.8 Å². The molecule has 0 aliphatic heterocycles. The molecule has 1 rings (SSSR count). The molecule has 14 heteroatoms. The molecule has 0 amide bonds. The molecule has 1 saturated carbocycles. The van der Waals surface area contributed by atoms with Gasteiger partial charge in [-0.1, -0.05) is 44.8 Å². The predicted octanol–water partition coefficient (Wildman–Crippen LogP) is 4.49. The van der Waals surface area contributed by atoms with Crippen LogP contribution in [0.4, 0.5) is 0 Å². The molecule has 1 aliphatic carbocycles. The van der Waals surface area contributed by atoms with Crippen molar-refractivity contribution in [3.05, 3.63) is 32.4 Å². The summed E-state index contributed by atoms with van der Waals surface area (Å²) in [6.07, 6.45) is 11.5. The third-order valence-corrected chi connectivity index (χ3v) is 7.87. The number of nitrogens with zero attached hydrogens (tertiary/aromatic N) is 2. The van der Waals surface area contributed by atoms with Gasteiger partial charge in [-0.15, -0.1) is 20.2 Å². The van der Waals surface area contributed by atoms with Crippen molar-refractivity contribution in [3.8, 4) is 0 Å². The first kappa shape index (κ1) is 38.9. The van der Waals surface area contributed by atoms with Crippen molar-refractivity contribution in [1.29, 1.82) is 0 Å². The number of ether oxygens (including phenoxy) is 1. The van der Waals surface area contributed by atoms with Crippen molar-refractivity contribution in [1.82, 2.24) is 0 Å². The number of carbonyl (C=O) groups is 3. The van der Waals surface area contributed by atoms with Crippen LogP contribution in [0.25, 0.3) is 0 Å². The molecule has 1 unspecified atom stereocenters. The molecule has 0 heterocycles. The van der Waals surface area contributed by atoms with Gasteiger partial charge in [0.15, 0.2) is 0 Å². The Morgan fingerprint density at radius 2 is 1.50 bits per heavy atom. The second-order valence-corrected chi connectivity index (χ2v) is 11.5. The number of hydrogen-bond donors (Lipinski definition) is 2. The molecule has 0 saturated heterocycles. The summed E-state index contributed by atoms with van der Waals surface area (Å²) in [4.78, 5) is 65.8. The molecule has 1 fully saturated rings. The number of aliphatic hydroxyl groups excluding tert-OH is 2. The minimum absolute atomic E-state index is 0.0298. The van der Waals surface area contributed by atoms with Crippen molar-refractivity contribution in [2.24, 2.45) is 17.8 Å². The maximum Gasteiger partial charge on any atom is 0.305 e. The first-order valence-electron chi connectivity index (χ1n) is 15.8. The van der Waals surface area contributed by atoms with Crippen LogP contribution in [-0.2, 0) is 28.8 Å². The molecule has 0 aromatic carbocycles. The van der Waals surface area contributed by atoms with E-state index in [0.29, 0.717) is 44.9 Å². The summed E-state index contributed by atoms with van der Waals surface area (Å²) < 4.78 is 5.19. The Morgan fingerprint density at radius 3 is 2.20 bits per heavy atom. The molecule has 2 N–H and O–H groups in total. The number of aliphatic hydroxyl groups is 2. The average Bonchev–Trinajstić information content (AvgIpc) is 3.24. The summed E-state index contributed by atoms with van der Waals surface area (Å²) in [5.74, 6) is -1.65. The Hall–Kier alpha value is -3.13. The lowest BCUT2D eigenvalue weighted by Gasteiger charge is -2.22. The van der Waals surface area contributed by atoms with Gasteiger partial charge in [-0.05, 0) is 56.8 Å². The van der Waals surface area contributed by atoms with Gasteiger partial charge in [0.2, 0.25) is 0 Å². The van der Waals surface area contributed by atoms with Crippen LogP contribution in [0.5, 0.6) is 0 Å². The minimum Gasteiger partial charge on any atom is -0.465 e. The number of unbranched alkanes of at least 4 members (excludes halogenated alkanes) is 5. The van der Waals surface area contributed by atoms with Gasteiger partial charge in [0.25, 0.3) is 10.2 Å². The van der Waals surface area contributed by atoms with Crippen LogP contribution in [0.2, 0.25) is 0 Å². The standard InChI is InChI=1S/C30H50N2O12/c1-2-3-4-5-8-12-24(33)16-17-27-26(28(35)20-29(27)36)14-9-6-7-10-15-30(37)42-21-23(22-44-32(40)41)19-25(34)13-11-18-43-31(38)39/h6,9,23,26-29,35-36H,2-5,7-8,10-22H2,1H3/b9-6-/t23?,26-,27-,28+,29-/m1/s1. The number of allylic oxidation sites excluding steroid dienone is 2. The van der Waals surface area contributed by atoms with Gasteiger partial charge in [0.1, 0.15) is 18.2 Å². The zero-order valence-electron chi connectivity index (χ0n) is 25.8. The van der Waals surface area contributed by atoms with E-state index in [1.54, 1.807) is 0 Å². The third-order valence-electron chi connectivity index (χ3n) is 7.87. The van der Waals surface area contributed by atoms with Crippen LogP contribution in [0, 0.1) is 38.0 Å². The second-order valence-electron chi connectivity index (χ2n) is 11.5. The van der Waals surface area contributed by atoms with E-state index in [1.807, 2.05) is 12.2 Å². The van der Waals surface area contributed by atoms with Crippen molar-refractivity contribution >= 4 is 17.5 Å². The van der Waals surface area contributed by atoms with Crippen molar-refractivity contribution in [3.63, 3.8) is 0 Å². The van der Waals surface area contributed by atoms with Gasteiger partial charge in [0.05, 0.1) is 25.4 Å². The Kier molecular flexibility index (Phi) is 20.6. The Labute approximate surface area is 258 Å². The molecular weight excluding hydrogens is 580 g/mol. The normalized spacial score (nSPS) is 20.3. The second kappa shape index (κ2) is 23.3. The van der Waals surface area contributed by atoms with Gasteiger partial charge in [-0.2, -0.15) is 0 Å². The molecule has 1 aliphatic rings. The van der Waals surface area contributed by atoms with Crippen molar-refractivity contribution < 1.29 is 49.2 Å². The topological polar surface area (TPSA) is 206 Å². The van der Waals surface area contributed by atoms with Crippen LogP contribution in [0.3, 0.4) is 0 Å². The maximum absolute atomic E-state index is 12.3. The van der Waals surface area contributed by atoms with Crippen LogP contribution in [0.15, 0.2) is 12.2 Å². The van der Waals surface area contributed by atoms with Gasteiger partial charge in [-0.3, -0.25) is 14.4 Å². The number of hydrogen-bond acceptors (Lipinski definition) is 12. The monoisotopic (exact) mass is 630 g/mol. The van der Waals surface area contributed by atoms with Gasteiger partial charge < -0.3 is 24.6 Å². The number of esters is 1. The molecule has 0 aromatic heterocycles. The SMILES string of the molecule is CCCCCCCC(=O)CC[C@@H]1[C@@H](C/C=C\CCCC(=O)OCC(CO[N+](=O)[O-])CC(=O)CCCO[N+](=O)[O-])[C@@H](O)C[C@H]1O. The van der Waals surface area contributed by atoms with Crippen LogP contribution in [0.1, 0.15) is 110 Å². The maximum atomic E-state index is 12.3. The zero-order valence-corrected chi connectivity index (χ0v) is 25.8. The van der Waals surface area contributed by atoms with Gasteiger partial charge in [0, 0.05) is 38.0 Å². The Balaban J connectivity index is 2.36. The van der Waals surface area contributed by atoms with Crippen LogP contribution < -0.4 is 0 Å². The summed E-state index contributed by atoms with van der Waals surface area (Å²) in [7, 11) is 0. The molecule has 5 atom stereocenters. The molecule has 252 valence electrons. The lowest BCUT2D eigenvalue weighted by atomic mass is 9.86. The smallest absolute Gasteiger partial charge is 0.305 e. The number of Topliss-reactive ketones (excluding diaryl/α,β-unsaturated/α-hetero) is 2. The first-order chi connectivity index (χ1) is 21.0. The van der Waals surface area contributed by atoms with Gasteiger partial charge >= 0.3 is 5.97 Å². The van der Waals surface area contributed by atoms with E-state index in [2.05, 4.69) is 16.6 Å². The minimum atomic E-state index is -1.000. The molecule has 14 nitrogen and oxygen atoms in total. The van der Waals surface area contributed by atoms with E-state index in [1.165, 1.54) is 6.42 Å². The van der Waals surface area contributed by atoms with Crippen molar-refractivity contribution in [2.75, 3.05) is 19.8 Å². The molecule has 44 heavy (non-hydrogen) atoms. The third kappa shape index (κ3) is 18.5. The fourth-order valence-electron chi connectivity index (χ4n) is 5.47. The lowest BCUT2D eigenvalue weighted by Crippen LogP contribution is -2.23. The summed E-state index contributed by atoms with van der Waals surface area (Å²) in [6.45, 7) is 1.22. The van der Waals surface area contributed by atoms with Crippen molar-refractivity contribution in [2.45, 2.75) is 122 Å². The highest BCUT2D eigenvalue weighted by molar-refractivity contribution is 5.79. The fraction of sp³-hybridized carbons (Fsp3) is 0.833. The van der Waals surface area contributed by atoms with Crippen LogP contribution >= 0.6 is 0 Å². The van der Waals surface area contributed by atoms with E-state index >= 15 is 0 Å². The average molecular weight is 631 g/mol. The Morgan fingerprint density at radius 1 is 0.818 bits per heavy atom. The highest BCUT2D eigenvalue weighted by Gasteiger charge is 2.40. The van der Waals surface area contributed by atoms with E-state index in [0.717, 1.165) is 25.7 Å². The summed E-state index contributed by atoms with van der Waals surface area (Å²) >= 11 is 0. The zero-order chi connectivity index (χ0) is 32.7. The predicted molar refractivity (Wildman–Crippen MR) is 158 cm³/mol. The highest BCUT2D eigenvalue weighted by Crippen LogP contribution is 2.38. The van der Waals surface area contributed by atoms with E-state index in [-0.39, 0.29) is 62.3 Å². The number of ketones is 2. The number of rotatable bonds is 27. The van der Waals surface area contributed by atoms with Crippen LogP contribution in [-0.4, -0.2) is 70.0 Å². The molecular formula is C30H50N2O12. The number of carbonyl (C=O) groups excluding carboxylic acids is 3. The lowest BCUT2D eigenvalue weighted by molar-refractivity contribution is -0.759. The summed E-state index contributed by atoms with van der Waals surface area (Å²) in [5, 5.41) is 39.7. The molecule has 0 spiro atoms. The van der Waals surface area contributed by atoms with E-state index in [4.69, 9.17) is 4.74 Å². The van der Waals surface area contributed by atoms with E-state index < -0.39 is 40.9 Å². The summed E-state index contributed by atoms with van der Waals surface area (Å²) in [5.41, 5.74) is 0. The fourth-order valence-corrected chi connectivity index (χ4v) is 5.47. The highest BCUT2D eigenvalue weighted by atomic mass is 17.0. The quantitative estimate of drug-likeness (QED) is 0.0423. The molecule has 0 aromatic rings.